The fourth-order valence-corrected chi connectivity index (χ4v) is 3.66. The zero-order chi connectivity index (χ0) is 22.0. The van der Waals surface area contributed by atoms with Crippen molar-refractivity contribution in [3.8, 4) is 0 Å². The molecule has 0 saturated heterocycles. The third-order valence-corrected chi connectivity index (χ3v) is 5.21. The Morgan fingerprint density at radius 1 is 1.13 bits per heavy atom. The fraction of sp³-hybridized carbons (Fsp3) is 0.182. The second kappa shape index (κ2) is 8.62. The summed E-state index contributed by atoms with van der Waals surface area (Å²) in [6.07, 6.45) is 1.47. The number of carbonyl (C=O) groups is 4. The molecule has 0 radical (unpaired) electrons. The molecule has 1 aliphatic heterocycles. The van der Waals surface area contributed by atoms with Crippen LogP contribution in [0.25, 0.3) is 0 Å². The number of halogens is 1. The first kappa shape index (κ1) is 21.4. The van der Waals surface area contributed by atoms with E-state index in [1.165, 1.54) is 36.2 Å². The van der Waals surface area contributed by atoms with Gasteiger partial charge < -0.3 is 10.2 Å². The van der Waals surface area contributed by atoms with Crippen molar-refractivity contribution in [1.29, 1.82) is 0 Å². The number of anilines is 1. The standard InChI is InChI=1S/C22H20BrN3O4/c1-4-9-26-21(29)16-7-5-14(11-17(16)22(26)30)20(28)25(3)12-19(27)24-18-8-6-15(23)10-13(18)2/h4-8,10-11H,1,9,12H2,2-3H3,(H,24,27). The van der Waals surface area contributed by atoms with E-state index in [2.05, 4.69) is 27.8 Å². The third kappa shape index (κ3) is 4.18. The summed E-state index contributed by atoms with van der Waals surface area (Å²) in [5, 5.41) is 2.78. The van der Waals surface area contributed by atoms with Crippen LogP contribution in [0.5, 0.6) is 0 Å². The SMILES string of the molecule is C=CCN1C(=O)c2ccc(C(=O)N(C)CC(=O)Nc3ccc(Br)cc3C)cc2C1=O. The molecule has 3 rings (SSSR count). The van der Waals surface area contributed by atoms with Gasteiger partial charge in [-0.1, -0.05) is 22.0 Å². The minimum absolute atomic E-state index is 0.102. The molecular formula is C22H20BrN3O4. The van der Waals surface area contributed by atoms with Crippen LogP contribution in [0.15, 0.2) is 53.5 Å². The summed E-state index contributed by atoms with van der Waals surface area (Å²) in [5.74, 6) is -1.65. The lowest BCUT2D eigenvalue weighted by molar-refractivity contribution is -0.116. The van der Waals surface area contributed by atoms with Crippen molar-refractivity contribution < 1.29 is 19.2 Å². The zero-order valence-electron chi connectivity index (χ0n) is 16.6. The summed E-state index contributed by atoms with van der Waals surface area (Å²) in [5.41, 5.74) is 2.21. The molecule has 1 aliphatic rings. The molecule has 154 valence electrons. The molecule has 1 N–H and O–H groups in total. The molecule has 0 aliphatic carbocycles. The van der Waals surface area contributed by atoms with Crippen molar-refractivity contribution in [2.45, 2.75) is 6.92 Å². The highest BCUT2D eigenvalue weighted by Gasteiger charge is 2.35. The maximum absolute atomic E-state index is 12.8. The number of benzene rings is 2. The highest BCUT2D eigenvalue weighted by molar-refractivity contribution is 9.10. The molecule has 8 heteroatoms. The van der Waals surface area contributed by atoms with Crippen LogP contribution >= 0.6 is 15.9 Å². The number of nitrogens with zero attached hydrogens (tertiary/aromatic N) is 2. The van der Waals surface area contributed by atoms with Gasteiger partial charge in [0.25, 0.3) is 17.7 Å². The van der Waals surface area contributed by atoms with Gasteiger partial charge in [-0.2, -0.15) is 0 Å². The number of hydrogen-bond acceptors (Lipinski definition) is 4. The second-order valence-corrected chi connectivity index (χ2v) is 7.85. The highest BCUT2D eigenvalue weighted by atomic mass is 79.9. The number of hydrogen-bond donors (Lipinski definition) is 1. The molecule has 0 saturated carbocycles. The first-order chi connectivity index (χ1) is 14.2. The summed E-state index contributed by atoms with van der Waals surface area (Å²) in [6.45, 7) is 5.35. The molecule has 7 nitrogen and oxygen atoms in total. The lowest BCUT2D eigenvalue weighted by atomic mass is 10.0. The van der Waals surface area contributed by atoms with E-state index < -0.39 is 17.7 Å². The van der Waals surface area contributed by atoms with Crippen molar-refractivity contribution in [2.75, 3.05) is 25.5 Å². The number of rotatable bonds is 6. The summed E-state index contributed by atoms with van der Waals surface area (Å²) < 4.78 is 0.904. The predicted molar refractivity (Wildman–Crippen MR) is 116 cm³/mol. The Kier molecular flexibility index (Phi) is 6.17. The van der Waals surface area contributed by atoms with Crippen molar-refractivity contribution in [3.05, 3.63) is 75.8 Å². The largest absolute Gasteiger partial charge is 0.332 e. The van der Waals surface area contributed by atoms with Crippen LogP contribution in [-0.2, 0) is 4.79 Å². The van der Waals surface area contributed by atoms with Gasteiger partial charge in [0.15, 0.2) is 0 Å². The number of carbonyl (C=O) groups excluding carboxylic acids is 4. The number of imide groups is 1. The number of likely N-dealkylation sites (N-methyl/N-ethyl adjacent to an activating group) is 1. The van der Waals surface area contributed by atoms with Crippen LogP contribution in [0.4, 0.5) is 5.69 Å². The minimum Gasteiger partial charge on any atom is -0.332 e. The van der Waals surface area contributed by atoms with E-state index >= 15 is 0 Å². The molecule has 0 unspecified atom stereocenters. The number of amides is 4. The van der Waals surface area contributed by atoms with E-state index in [-0.39, 0.29) is 35.7 Å². The first-order valence-electron chi connectivity index (χ1n) is 9.15. The van der Waals surface area contributed by atoms with Gasteiger partial charge in [0, 0.05) is 29.3 Å². The lowest BCUT2D eigenvalue weighted by Crippen LogP contribution is -2.35. The number of fused-ring (bicyclic) bond motifs is 1. The van der Waals surface area contributed by atoms with E-state index in [1.807, 2.05) is 19.1 Å². The molecule has 2 aromatic carbocycles. The Morgan fingerprint density at radius 2 is 1.83 bits per heavy atom. The summed E-state index contributed by atoms with van der Waals surface area (Å²) >= 11 is 3.37. The Balaban J connectivity index is 1.71. The molecular weight excluding hydrogens is 450 g/mol. The van der Waals surface area contributed by atoms with Gasteiger partial charge in [0.1, 0.15) is 0 Å². The summed E-state index contributed by atoms with van der Waals surface area (Å²) in [6, 6.07) is 9.81. The monoisotopic (exact) mass is 469 g/mol. The smallest absolute Gasteiger partial charge is 0.261 e. The van der Waals surface area contributed by atoms with Crippen LogP contribution in [0.1, 0.15) is 36.6 Å². The van der Waals surface area contributed by atoms with Gasteiger partial charge in [-0.05, 0) is 48.9 Å². The lowest BCUT2D eigenvalue weighted by Gasteiger charge is -2.18. The third-order valence-electron chi connectivity index (χ3n) is 4.72. The predicted octanol–water partition coefficient (Wildman–Crippen LogP) is 3.25. The van der Waals surface area contributed by atoms with Crippen molar-refractivity contribution in [3.63, 3.8) is 0 Å². The second-order valence-electron chi connectivity index (χ2n) is 6.94. The molecule has 0 bridgehead atoms. The van der Waals surface area contributed by atoms with Crippen LogP contribution in [0.2, 0.25) is 0 Å². The average molecular weight is 470 g/mol. The fourth-order valence-electron chi connectivity index (χ4n) is 3.18. The van der Waals surface area contributed by atoms with Crippen LogP contribution < -0.4 is 5.32 Å². The number of aryl methyl sites for hydroxylation is 1. The van der Waals surface area contributed by atoms with E-state index in [1.54, 1.807) is 6.07 Å². The normalized spacial score (nSPS) is 12.6. The topological polar surface area (TPSA) is 86.8 Å². The summed E-state index contributed by atoms with van der Waals surface area (Å²) in [4.78, 5) is 52.2. The van der Waals surface area contributed by atoms with Crippen LogP contribution in [0, 0.1) is 6.92 Å². The summed E-state index contributed by atoms with van der Waals surface area (Å²) in [7, 11) is 1.50. The Labute approximate surface area is 182 Å². The minimum atomic E-state index is -0.462. The Morgan fingerprint density at radius 3 is 2.50 bits per heavy atom. The molecule has 0 atom stereocenters. The highest BCUT2D eigenvalue weighted by Crippen LogP contribution is 2.24. The molecule has 0 fully saturated rings. The quantitative estimate of drug-likeness (QED) is 0.519. The first-order valence-corrected chi connectivity index (χ1v) is 9.95. The van der Waals surface area contributed by atoms with Gasteiger partial charge in [0.05, 0.1) is 17.7 Å². The molecule has 2 aromatic rings. The van der Waals surface area contributed by atoms with Gasteiger partial charge in [-0.25, -0.2) is 0 Å². The molecule has 30 heavy (non-hydrogen) atoms. The van der Waals surface area contributed by atoms with Gasteiger partial charge >= 0.3 is 0 Å². The molecule has 0 spiro atoms. The van der Waals surface area contributed by atoms with E-state index in [0.29, 0.717) is 5.69 Å². The number of nitrogens with one attached hydrogen (secondary N) is 1. The maximum atomic E-state index is 12.8. The zero-order valence-corrected chi connectivity index (χ0v) is 18.2. The molecule has 1 heterocycles. The van der Waals surface area contributed by atoms with Gasteiger partial charge in [-0.15, -0.1) is 6.58 Å². The maximum Gasteiger partial charge on any atom is 0.261 e. The Hall–Kier alpha value is -3.26. The van der Waals surface area contributed by atoms with Gasteiger partial charge in [-0.3, -0.25) is 24.1 Å². The van der Waals surface area contributed by atoms with Crippen molar-refractivity contribution >= 4 is 45.2 Å². The van der Waals surface area contributed by atoms with E-state index in [9.17, 15) is 19.2 Å². The van der Waals surface area contributed by atoms with Crippen LogP contribution in [-0.4, -0.2) is 53.6 Å². The average Bonchev–Trinajstić information content (AvgIpc) is 2.94. The van der Waals surface area contributed by atoms with Crippen LogP contribution in [0.3, 0.4) is 0 Å². The van der Waals surface area contributed by atoms with E-state index in [4.69, 9.17) is 0 Å². The van der Waals surface area contributed by atoms with Gasteiger partial charge in [0.2, 0.25) is 5.91 Å². The molecule has 0 aromatic heterocycles. The molecule has 4 amide bonds. The van der Waals surface area contributed by atoms with Crippen molar-refractivity contribution in [2.24, 2.45) is 0 Å². The Bertz CT molecular complexity index is 1080. The van der Waals surface area contributed by atoms with Crippen molar-refractivity contribution in [1.82, 2.24) is 9.80 Å². The van der Waals surface area contributed by atoms with E-state index in [0.717, 1.165) is 14.9 Å².